The monoisotopic (exact) mass is 380 g/mol. The van der Waals surface area contributed by atoms with E-state index in [1.54, 1.807) is 18.4 Å². The predicted molar refractivity (Wildman–Crippen MR) is 112 cm³/mol. The molecule has 1 atom stereocenters. The van der Waals surface area contributed by atoms with Gasteiger partial charge in [0.05, 0.1) is 12.8 Å². The molecule has 2 aromatic carbocycles. The van der Waals surface area contributed by atoms with Gasteiger partial charge in [-0.15, -0.1) is 11.3 Å². The van der Waals surface area contributed by atoms with Gasteiger partial charge in [0.1, 0.15) is 11.8 Å². The molecule has 0 unspecified atom stereocenters. The van der Waals surface area contributed by atoms with E-state index in [0.717, 1.165) is 24.1 Å². The first-order valence-corrected chi connectivity index (χ1v) is 9.81. The molecular weight excluding hydrogens is 356 g/mol. The number of carbonyl (C=O) groups excluding carboxylic acids is 1. The van der Waals surface area contributed by atoms with Crippen LogP contribution in [-0.2, 0) is 11.2 Å². The molecule has 5 heteroatoms. The van der Waals surface area contributed by atoms with Crippen LogP contribution in [0.4, 0.5) is 5.69 Å². The van der Waals surface area contributed by atoms with E-state index in [2.05, 4.69) is 22.1 Å². The number of hydrogen-bond acceptors (Lipinski definition) is 4. The molecule has 1 aromatic heterocycles. The van der Waals surface area contributed by atoms with E-state index in [0.29, 0.717) is 11.4 Å². The number of hydrogen-bond donors (Lipinski definition) is 2. The fourth-order valence-electron chi connectivity index (χ4n) is 2.93. The van der Waals surface area contributed by atoms with Crippen molar-refractivity contribution in [1.82, 2.24) is 5.32 Å². The van der Waals surface area contributed by atoms with Crippen molar-refractivity contribution in [2.75, 3.05) is 19.0 Å². The first-order valence-electron chi connectivity index (χ1n) is 8.93. The van der Waals surface area contributed by atoms with Crippen LogP contribution in [0.25, 0.3) is 0 Å². The van der Waals surface area contributed by atoms with Crippen molar-refractivity contribution in [3.05, 3.63) is 82.0 Å². The Morgan fingerprint density at radius 3 is 2.63 bits per heavy atom. The van der Waals surface area contributed by atoms with Gasteiger partial charge in [0.2, 0.25) is 5.91 Å². The van der Waals surface area contributed by atoms with Crippen molar-refractivity contribution >= 4 is 22.9 Å². The van der Waals surface area contributed by atoms with Crippen LogP contribution in [0.15, 0.2) is 66.0 Å². The molecule has 0 aliphatic rings. The molecule has 0 aliphatic heterocycles. The summed E-state index contributed by atoms with van der Waals surface area (Å²) in [6, 6.07) is 19.3. The van der Waals surface area contributed by atoms with Crippen LogP contribution >= 0.6 is 11.3 Å². The van der Waals surface area contributed by atoms with Crippen molar-refractivity contribution < 1.29 is 9.53 Å². The molecule has 0 radical (unpaired) electrons. The molecule has 0 saturated heterocycles. The molecule has 1 amide bonds. The van der Waals surface area contributed by atoms with E-state index in [-0.39, 0.29) is 5.91 Å². The molecule has 2 N–H and O–H groups in total. The van der Waals surface area contributed by atoms with E-state index in [4.69, 9.17) is 4.74 Å². The van der Waals surface area contributed by atoms with Gasteiger partial charge in [-0.05, 0) is 48.1 Å². The molecule has 0 aliphatic carbocycles. The zero-order chi connectivity index (χ0) is 19.1. The number of nitrogens with one attached hydrogen (secondary N) is 2. The number of anilines is 1. The summed E-state index contributed by atoms with van der Waals surface area (Å²) in [7, 11) is 1.61. The van der Waals surface area contributed by atoms with E-state index in [1.807, 2.05) is 61.5 Å². The lowest BCUT2D eigenvalue weighted by Gasteiger charge is -2.20. The van der Waals surface area contributed by atoms with Crippen LogP contribution < -0.4 is 15.4 Å². The Morgan fingerprint density at radius 1 is 1.11 bits per heavy atom. The standard InChI is InChI=1S/C22H24N2O2S/c1-16-10-11-20(26-2)19(15-16)24-22(25)21(17-7-4-3-5-8-17)23-13-12-18-9-6-14-27-18/h3-11,14-15,21,23H,12-13H2,1-2H3,(H,24,25)/t21-/m1/s1. The van der Waals surface area contributed by atoms with Crippen molar-refractivity contribution in [1.29, 1.82) is 0 Å². The van der Waals surface area contributed by atoms with Crippen molar-refractivity contribution in [3.63, 3.8) is 0 Å². The molecule has 27 heavy (non-hydrogen) atoms. The Labute approximate surface area is 164 Å². The zero-order valence-corrected chi connectivity index (χ0v) is 16.4. The summed E-state index contributed by atoms with van der Waals surface area (Å²) in [6.07, 6.45) is 0.891. The normalized spacial score (nSPS) is 11.8. The average Bonchev–Trinajstić information content (AvgIpc) is 3.19. The molecule has 140 valence electrons. The first kappa shape index (κ1) is 19.1. The highest BCUT2D eigenvalue weighted by molar-refractivity contribution is 7.09. The second-order valence-corrected chi connectivity index (χ2v) is 7.35. The predicted octanol–water partition coefficient (Wildman–Crippen LogP) is 4.58. The molecule has 3 aromatic rings. The van der Waals surface area contributed by atoms with Crippen molar-refractivity contribution in [3.8, 4) is 5.75 Å². The maximum absolute atomic E-state index is 13.1. The minimum absolute atomic E-state index is 0.101. The molecule has 0 saturated carbocycles. The molecule has 0 fully saturated rings. The van der Waals surface area contributed by atoms with Crippen molar-refractivity contribution in [2.45, 2.75) is 19.4 Å². The van der Waals surface area contributed by atoms with Gasteiger partial charge in [0.15, 0.2) is 0 Å². The third-order valence-corrected chi connectivity index (χ3v) is 5.24. The average molecular weight is 381 g/mol. The lowest BCUT2D eigenvalue weighted by atomic mass is 10.1. The zero-order valence-electron chi connectivity index (χ0n) is 15.6. The fourth-order valence-corrected chi connectivity index (χ4v) is 3.64. The second-order valence-electron chi connectivity index (χ2n) is 6.32. The van der Waals surface area contributed by atoms with E-state index < -0.39 is 6.04 Å². The minimum Gasteiger partial charge on any atom is -0.495 e. The smallest absolute Gasteiger partial charge is 0.246 e. The van der Waals surface area contributed by atoms with Crippen LogP contribution in [-0.4, -0.2) is 19.6 Å². The Hall–Kier alpha value is -2.63. The largest absolute Gasteiger partial charge is 0.495 e. The molecule has 0 spiro atoms. The van der Waals surface area contributed by atoms with E-state index >= 15 is 0 Å². The van der Waals surface area contributed by atoms with Crippen LogP contribution in [0.3, 0.4) is 0 Å². The maximum Gasteiger partial charge on any atom is 0.246 e. The summed E-state index contributed by atoms with van der Waals surface area (Å²) in [6.45, 7) is 2.71. The summed E-state index contributed by atoms with van der Waals surface area (Å²) >= 11 is 1.73. The van der Waals surface area contributed by atoms with Gasteiger partial charge in [-0.1, -0.05) is 42.5 Å². The summed E-state index contributed by atoms with van der Waals surface area (Å²) in [5.74, 6) is 0.552. The van der Waals surface area contributed by atoms with Crippen molar-refractivity contribution in [2.24, 2.45) is 0 Å². The maximum atomic E-state index is 13.1. The van der Waals surface area contributed by atoms with Gasteiger partial charge >= 0.3 is 0 Å². The molecule has 1 heterocycles. The Kier molecular flexibility index (Phi) is 6.63. The summed E-state index contributed by atoms with van der Waals surface area (Å²) in [5.41, 5.74) is 2.68. The topological polar surface area (TPSA) is 50.4 Å². The SMILES string of the molecule is COc1ccc(C)cc1NC(=O)[C@H](NCCc1cccs1)c1ccccc1. The summed E-state index contributed by atoms with van der Waals surface area (Å²) < 4.78 is 5.38. The highest BCUT2D eigenvalue weighted by atomic mass is 32.1. The van der Waals surface area contributed by atoms with Gasteiger partial charge in [-0.3, -0.25) is 4.79 Å². The first-order chi connectivity index (χ1) is 13.2. The van der Waals surface area contributed by atoms with Crippen LogP contribution in [0.5, 0.6) is 5.75 Å². The number of thiophene rings is 1. The van der Waals surface area contributed by atoms with Crippen LogP contribution in [0.2, 0.25) is 0 Å². The molecule has 0 bridgehead atoms. The summed E-state index contributed by atoms with van der Waals surface area (Å²) in [5, 5.41) is 8.49. The number of carbonyl (C=O) groups is 1. The number of benzene rings is 2. The Morgan fingerprint density at radius 2 is 1.93 bits per heavy atom. The highest BCUT2D eigenvalue weighted by Crippen LogP contribution is 2.26. The van der Waals surface area contributed by atoms with Gasteiger partial charge in [0.25, 0.3) is 0 Å². The minimum atomic E-state index is -0.434. The highest BCUT2D eigenvalue weighted by Gasteiger charge is 2.21. The molecule has 3 rings (SSSR count). The lowest BCUT2D eigenvalue weighted by molar-refractivity contribution is -0.118. The number of aryl methyl sites for hydroxylation is 1. The summed E-state index contributed by atoms with van der Waals surface area (Å²) in [4.78, 5) is 14.4. The van der Waals surface area contributed by atoms with E-state index in [9.17, 15) is 4.79 Å². The molecular formula is C22H24N2O2S. The van der Waals surface area contributed by atoms with Gasteiger partial charge in [-0.25, -0.2) is 0 Å². The third-order valence-electron chi connectivity index (χ3n) is 4.31. The van der Waals surface area contributed by atoms with Gasteiger partial charge in [-0.2, -0.15) is 0 Å². The lowest BCUT2D eigenvalue weighted by Crippen LogP contribution is -2.34. The van der Waals surface area contributed by atoms with Gasteiger partial charge in [0, 0.05) is 11.4 Å². The number of methoxy groups -OCH3 is 1. The quantitative estimate of drug-likeness (QED) is 0.601. The number of ether oxygens (including phenoxy) is 1. The second kappa shape index (κ2) is 9.35. The van der Waals surface area contributed by atoms with Crippen LogP contribution in [0, 0.1) is 6.92 Å². The van der Waals surface area contributed by atoms with Crippen LogP contribution in [0.1, 0.15) is 22.0 Å². The third kappa shape index (κ3) is 5.18. The van der Waals surface area contributed by atoms with E-state index in [1.165, 1.54) is 4.88 Å². The number of amides is 1. The molecule has 4 nitrogen and oxygen atoms in total. The Balaban J connectivity index is 1.75. The Bertz CT molecular complexity index is 863. The number of rotatable bonds is 8. The fraction of sp³-hybridized carbons (Fsp3) is 0.227. The van der Waals surface area contributed by atoms with Gasteiger partial charge < -0.3 is 15.4 Å².